The zero-order valence-corrected chi connectivity index (χ0v) is 16.1. The first-order valence-electron chi connectivity index (χ1n) is 8.93. The lowest BCUT2D eigenvalue weighted by Crippen LogP contribution is -2.49. The van der Waals surface area contributed by atoms with Crippen LogP contribution in [0.4, 0.5) is 0 Å². The predicted octanol–water partition coefficient (Wildman–Crippen LogP) is 1.22. The number of hydrogen-bond donors (Lipinski definition) is 2. The number of carboxylic acid groups (broad SMARTS) is 1. The zero-order chi connectivity index (χ0) is 19.8. The van der Waals surface area contributed by atoms with E-state index in [9.17, 15) is 23.1 Å². The van der Waals surface area contributed by atoms with E-state index >= 15 is 0 Å². The number of aliphatic carboxylic acids is 1. The maximum Gasteiger partial charge on any atom is 0.308 e. The maximum absolute atomic E-state index is 12.7. The molecule has 1 amide bonds. The largest absolute Gasteiger partial charge is 0.481 e. The van der Waals surface area contributed by atoms with Crippen LogP contribution in [-0.4, -0.2) is 54.8 Å². The Balaban J connectivity index is 1.73. The molecule has 3 rings (SSSR count). The number of aliphatic imine (C=N–C) groups is 1. The molecule has 0 aliphatic carbocycles. The smallest absolute Gasteiger partial charge is 0.308 e. The summed E-state index contributed by atoms with van der Waals surface area (Å²) < 4.78 is 26.7. The fraction of sp³-hybridized carbons (Fsp3) is 0.500. The van der Waals surface area contributed by atoms with Crippen LogP contribution in [0.5, 0.6) is 0 Å². The highest BCUT2D eigenvalue weighted by molar-refractivity contribution is 7.90. The molecule has 1 unspecified atom stereocenters. The third-order valence-corrected chi connectivity index (χ3v) is 6.50. The van der Waals surface area contributed by atoms with Crippen LogP contribution in [-0.2, 0) is 19.6 Å². The van der Waals surface area contributed by atoms with E-state index in [1.807, 2.05) is 0 Å². The summed E-state index contributed by atoms with van der Waals surface area (Å²) in [5.41, 5.74) is 0.495. The van der Waals surface area contributed by atoms with Gasteiger partial charge in [0.2, 0.25) is 5.91 Å². The molecule has 2 aliphatic heterocycles. The summed E-state index contributed by atoms with van der Waals surface area (Å²) in [5.74, 6) is -1.37. The minimum absolute atomic E-state index is 0.0874. The lowest BCUT2D eigenvalue weighted by molar-refractivity contribution is -0.149. The molecule has 0 spiro atoms. The van der Waals surface area contributed by atoms with Gasteiger partial charge >= 0.3 is 5.97 Å². The second kappa shape index (κ2) is 7.30. The Hall–Kier alpha value is -2.42. The van der Waals surface area contributed by atoms with Gasteiger partial charge in [-0.15, -0.1) is 0 Å². The predicted molar refractivity (Wildman–Crippen MR) is 98.9 cm³/mol. The van der Waals surface area contributed by atoms with Gasteiger partial charge in [0.15, 0.2) is 0 Å². The Morgan fingerprint density at radius 3 is 2.78 bits per heavy atom. The summed E-state index contributed by atoms with van der Waals surface area (Å²) in [6.07, 6.45) is 1.31. The van der Waals surface area contributed by atoms with Crippen LogP contribution >= 0.6 is 0 Å². The van der Waals surface area contributed by atoms with Gasteiger partial charge in [0.05, 0.1) is 16.9 Å². The fourth-order valence-electron chi connectivity index (χ4n) is 3.69. The third kappa shape index (κ3) is 3.83. The lowest BCUT2D eigenvalue weighted by Gasteiger charge is -2.37. The van der Waals surface area contributed by atoms with Gasteiger partial charge < -0.3 is 10.0 Å². The van der Waals surface area contributed by atoms with Gasteiger partial charge in [-0.3, -0.25) is 19.3 Å². The van der Waals surface area contributed by atoms with E-state index in [4.69, 9.17) is 0 Å². The quantitative estimate of drug-likeness (QED) is 0.798. The number of carbonyl (C=O) groups is 2. The Morgan fingerprint density at radius 1 is 1.37 bits per heavy atom. The molecular weight excluding hydrogens is 370 g/mol. The third-order valence-electron chi connectivity index (χ3n) is 5.11. The summed E-state index contributed by atoms with van der Waals surface area (Å²) >= 11 is 0. The van der Waals surface area contributed by atoms with Crippen LogP contribution in [0.2, 0.25) is 0 Å². The van der Waals surface area contributed by atoms with E-state index in [1.54, 1.807) is 36.9 Å². The van der Waals surface area contributed by atoms with Crippen LogP contribution in [0.3, 0.4) is 0 Å². The standard InChI is InChI=1S/C18H23N3O5S/c1-11(10-16(22)21-9-5-7-13(12(21)2)18(23)24)19-17-14-6-3-4-8-15(14)27(25,26)20-17/h3-4,6,8,11-13H,5,7,9-10H2,1-2H3,(H,19,20)(H,23,24)/t11?,12-,13-/m0/s1. The van der Waals surface area contributed by atoms with E-state index < -0.39 is 28.0 Å². The normalized spacial score (nSPS) is 26.3. The van der Waals surface area contributed by atoms with E-state index in [2.05, 4.69) is 9.71 Å². The molecule has 9 heteroatoms. The fourth-order valence-corrected chi connectivity index (χ4v) is 4.93. The average Bonchev–Trinajstić information content (AvgIpc) is 2.85. The van der Waals surface area contributed by atoms with E-state index in [1.165, 1.54) is 6.07 Å². The van der Waals surface area contributed by atoms with Crippen molar-refractivity contribution in [1.29, 1.82) is 0 Å². The summed E-state index contributed by atoms with van der Waals surface area (Å²) in [6, 6.07) is 5.74. The molecule has 146 valence electrons. The van der Waals surface area contributed by atoms with Gasteiger partial charge in [0, 0.05) is 24.6 Å². The molecule has 2 aliphatic rings. The number of sulfonamides is 1. The molecule has 1 aromatic rings. The molecule has 1 aromatic carbocycles. The lowest BCUT2D eigenvalue weighted by atomic mass is 9.90. The van der Waals surface area contributed by atoms with Crippen LogP contribution < -0.4 is 4.72 Å². The molecule has 0 radical (unpaired) electrons. The first kappa shape index (κ1) is 19.3. The van der Waals surface area contributed by atoms with Crippen LogP contribution in [0.25, 0.3) is 0 Å². The number of piperidine rings is 1. The minimum Gasteiger partial charge on any atom is -0.481 e. The van der Waals surface area contributed by atoms with Crippen molar-refractivity contribution in [3.05, 3.63) is 29.8 Å². The summed E-state index contributed by atoms with van der Waals surface area (Å²) in [5, 5.41) is 9.30. The average molecular weight is 393 g/mol. The summed E-state index contributed by atoms with van der Waals surface area (Å²) in [6.45, 7) is 4.03. The van der Waals surface area contributed by atoms with Crippen LogP contribution in [0.15, 0.2) is 34.2 Å². The number of nitrogens with one attached hydrogen (secondary N) is 1. The van der Waals surface area contributed by atoms with Crippen molar-refractivity contribution >= 4 is 27.7 Å². The minimum atomic E-state index is -3.62. The van der Waals surface area contributed by atoms with E-state index in [-0.39, 0.29) is 29.1 Å². The number of rotatable bonds is 4. The molecule has 27 heavy (non-hydrogen) atoms. The van der Waals surface area contributed by atoms with Crippen LogP contribution in [0, 0.1) is 5.92 Å². The number of benzene rings is 1. The number of fused-ring (bicyclic) bond motifs is 1. The number of amidine groups is 1. The topological polar surface area (TPSA) is 116 Å². The van der Waals surface area contributed by atoms with Crippen molar-refractivity contribution < 1.29 is 23.1 Å². The summed E-state index contributed by atoms with van der Waals surface area (Å²) in [4.78, 5) is 30.2. The molecule has 8 nitrogen and oxygen atoms in total. The monoisotopic (exact) mass is 393 g/mol. The van der Waals surface area contributed by atoms with Gasteiger partial charge in [-0.1, -0.05) is 12.1 Å². The first-order chi connectivity index (χ1) is 12.7. The highest BCUT2D eigenvalue weighted by Gasteiger charge is 2.36. The van der Waals surface area contributed by atoms with Crippen molar-refractivity contribution in [2.45, 2.75) is 50.1 Å². The molecule has 0 saturated carbocycles. The second-order valence-electron chi connectivity index (χ2n) is 7.05. The SMILES string of the molecule is CC(CC(=O)N1CCC[C@H](C(=O)O)[C@@H]1C)N=C1NS(=O)(=O)c2ccccc21. The number of carbonyl (C=O) groups excluding carboxylic acids is 1. The molecule has 0 aromatic heterocycles. The van der Waals surface area contributed by atoms with Gasteiger partial charge in [-0.05, 0) is 38.8 Å². The highest BCUT2D eigenvalue weighted by atomic mass is 32.2. The number of nitrogens with zero attached hydrogens (tertiary/aromatic N) is 2. The molecule has 1 saturated heterocycles. The van der Waals surface area contributed by atoms with Crippen molar-refractivity contribution in [3.63, 3.8) is 0 Å². The van der Waals surface area contributed by atoms with Gasteiger partial charge in [-0.25, -0.2) is 8.42 Å². The number of hydrogen-bond acceptors (Lipinski definition) is 5. The maximum atomic E-state index is 12.7. The molecule has 1 fully saturated rings. The number of amides is 1. The van der Waals surface area contributed by atoms with E-state index in [0.29, 0.717) is 24.9 Å². The van der Waals surface area contributed by atoms with Gasteiger partial charge in [-0.2, -0.15) is 0 Å². The summed E-state index contributed by atoms with van der Waals surface area (Å²) in [7, 11) is -3.62. The number of likely N-dealkylation sites (tertiary alicyclic amines) is 1. The first-order valence-corrected chi connectivity index (χ1v) is 10.4. The molecule has 2 N–H and O–H groups in total. The molecule has 3 atom stereocenters. The van der Waals surface area contributed by atoms with E-state index in [0.717, 1.165) is 0 Å². The van der Waals surface area contributed by atoms with Gasteiger partial charge in [0.25, 0.3) is 10.0 Å². The Bertz CT molecular complexity index is 896. The van der Waals surface area contributed by atoms with Crippen molar-refractivity contribution in [2.24, 2.45) is 10.9 Å². The van der Waals surface area contributed by atoms with Gasteiger partial charge in [0.1, 0.15) is 5.84 Å². The highest BCUT2D eigenvalue weighted by Crippen LogP contribution is 2.26. The molecular formula is C18H23N3O5S. The zero-order valence-electron chi connectivity index (χ0n) is 15.3. The van der Waals surface area contributed by atoms with Crippen molar-refractivity contribution in [2.75, 3.05) is 6.54 Å². The second-order valence-corrected chi connectivity index (χ2v) is 8.70. The van der Waals surface area contributed by atoms with Crippen molar-refractivity contribution in [3.8, 4) is 0 Å². The van der Waals surface area contributed by atoms with Crippen LogP contribution in [0.1, 0.15) is 38.7 Å². The Morgan fingerprint density at radius 2 is 2.07 bits per heavy atom. The van der Waals surface area contributed by atoms with Crippen molar-refractivity contribution in [1.82, 2.24) is 9.62 Å². The number of carboxylic acids is 1. The molecule has 0 bridgehead atoms. The Kier molecular flexibility index (Phi) is 5.23. The molecule has 2 heterocycles. The Labute approximate surface area is 158 Å².